The lowest BCUT2D eigenvalue weighted by molar-refractivity contribution is 0.0696. The van der Waals surface area contributed by atoms with Crippen LogP contribution in [0.5, 0.6) is 0 Å². The largest absolute Gasteiger partial charge is 0.478 e. The number of carboxylic acid groups (broad SMARTS) is 1. The van der Waals surface area contributed by atoms with E-state index in [1.807, 2.05) is 157 Å². The van der Waals surface area contributed by atoms with E-state index >= 15 is 0 Å². The molecule has 0 saturated carbocycles. The first kappa shape index (κ1) is 52.2. The molecule has 17 heteroatoms. The molecule has 8 N–H and O–H groups in total. The summed E-state index contributed by atoms with van der Waals surface area (Å²) >= 11 is 0. The summed E-state index contributed by atoms with van der Waals surface area (Å²) in [6, 6.07) is 50.0. The highest BCUT2D eigenvalue weighted by Crippen LogP contribution is 2.32. The Labute approximate surface area is 456 Å². The van der Waals surface area contributed by atoms with E-state index in [1.165, 1.54) is 11.3 Å². The summed E-state index contributed by atoms with van der Waals surface area (Å²) in [5, 5.41) is 24.4. The number of hydrogen-bond acceptors (Lipinski definition) is 11. The van der Waals surface area contributed by atoms with Crippen molar-refractivity contribution in [3.8, 4) is 22.5 Å². The first-order chi connectivity index (χ1) is 38.3. The second kappa shape index (κ2) is 22.9. The van der Waals surface area contributed by atoms with Gasteiger partial charge in [0.05, 0.1) is 28.3 Å². The smallest absolute Gasteiger partial charge is 0.335 e. The molecule has 0 radical (unpaired) electrons. The van der Waals surface area contributed by atoms with Crippen LogP contribution in [-0.2, 0) is 26.2 Å². The Morgan fingerprint density at radius 2 is 1.01 bits per heavy atom. The number of anilines is 6. The molecule has 0 unspecified atom stereocenters. The summed E-state index contributed by atoms with van der Waals surface area (Å²) in [6.45, 7) is 2.18. The van der Waals surface area contributed by atoms with Gasteiger partial charge in [0.2, 0.25) is 0 Å². The number of rotatable bonds is 13. The average Bonchev–Trinajstić information content (AvgIpc) is 4.47. The first-order valence-electron chi connectivity index (χ1n) is 25.5. The molecule has 0 aliphatic carbocycles. The molecule has 17 nitrogen and oxygen atoms in total. The minimum absolute atomic E-state index is 0.0257. The van der Waals surface area contributed by atoms with Gasteiger partial charge in [0.1, 0.15) is 0 Å². The van der Waals surface area contributed by atoms with Gasteiger partial charge in [-0.25, -0.2) is 14.8 Å². The fourth-order valence-corrected chi connectivity index (χ4v) is 9.32. The van der Waals surface area contributed by atoms with Gasteiger partial charge in [0.25, 0.3) is 17.7 Å². The number of nitrogens with one attached hydrogen (secondary N) is 5. The molecular weight excluding hydrogens is 993 g/mol. The molecule has 10 aromatic rings. The van der Waals surface area contributed by atoms with Gasteiger partial charge >= 0.3 is 5.97 Å². The lowest BCUT2D eigenvalue weighted by Gasteiger charge is -2.13. The van der Waals surface area contributed by atoms with E-state index in [0.717, 1.165) is 90.1 Å². The second-order valence-electron chi connectivity index (χ2n) is 19.3. The predicted octanol–water partition coefficient (Wildman–Crippen LogP) is 9.88. The highest BCUT2D eigenvalue weighted by Gasteiger charge is 2.22. The maximum absolute atomic E-state index is 12.7. The molecule has 0 bridgehead atoms. The molecule has 2 aliphatic rings. The summed E-state index contributed by atoms with van der Waals surface area (Å²) in [4.78, 5) is 60.6. The van der Waals surface area contributed by atoms with Gasteiger partial charge in [0.15, 0.2) is 11.3 Å². The van der Waals surface area contributed by atoms with Crippen LogP contribution in [0.25, 0.3) is 33.8 Å². The molecule has 4 aromatic heterocycles. The number of aromatic nitrogens is 4. The average molecular weight is 1050 g/mol. The van der Waals surface area contributed by atoms with Crippen LogP contribution in [0.15, 0.2) is 183 Å². The van der Waals surface area contributed by atoms with Crippen molar-refractivity contribution in [1.29, 1.82) is 0 Å². The molecule has 396 valence electrons. The van der Waals surface area contributed by atoms with E-state index in [2.05, 4.69) is 71.8 Å². The molecule has 0 saturated heterocycles. The molecule has 6 aromatic carbocycles. The van der Waals surface area contributed by atoms with Gasteiger partial charge in [-0.2, -0.15) is 0 Å². The maximum Gasteiger partial charge on any atom is 0.335 e. The normalized spacial score (nSPS) is 12.0. The van der Waals surface area contributed by atoms with Crippen LogP contribution in [0, 0.1) is 0 Å². The van der Waals surface area contributed by atoms with Gasteiger partial charge in [-0.3, -0.25) is 23.2 Å². The monoisotopic (exact) mass is 1050 g/mol. The SMILES string of the molecule is CN(C)c1ccc(CN)cc1.CN(C)c1ccc(CNC(=O)c2ccc(Nc3ccc(-c4ccc5c(c4)CNC5=O)n4ccnc34)cc2)cc1.O=C(O)c1ccc(Nc2ccc(-c3ccc4c(c3)CNC4=O)n3ccnc23)cc1. The van der Waals surface area contributed by atoms with E-state index in [9.17, 15) is 19.2 Å². The van der Waals surface area contributed by atoms with Crippen molar-refractivity contribution < 1.29 is 24.3 Å². The van der Waals surface area contributed by atoms with Crippen molar-refractivity contribution in [3.63, 3.8) is 0 Å². The fourth-order valence-electron chi connectivity index (χ4n) is 9.32. The molecule has 0 fully saturated rings. The van der Waals surface area contributed by atoms with E-state index in [4.69, 9.17) is 10.8 Å². The lowest BCUT2D eigenvalue weighted by Crippen LogP contribution is -2.22. The number of aromatic carboxylic acids is 1. The Balaban J connectivity index is 0.000000154. The Bertz CT molecular complexity index is 3870. The number of pyridine rings is 2. The fraction of sp³-hybridized carbons (Fsp3) is 0.129. The van der Waals surface area contributed by atoms with Gasteiger partial charge in [-0.15, -0.1) is 0 Å². The second-order valence-corrected chi connectivity index (χ2v) is 19.3. The number of nitrogens with zero attached hydrogens (tertiary/aromatic N) is 6. The topological polar surface area (TPSA) is 216 Å². The van der Waals surface area contributed by atoms with Crippen LogP contribution < -0.4 is 42.1 Å². The summed E-state index contributed by atoms with van der Waals surface area (Å²) in [6.07, 6.45) is 7.31. The maximum atomic E-state index is 12.7. The van der Waals surface area contributed by atoms with Crippen molar-refractivity contribution in [2.75, 3.05) is 48.6 Å². The highest BCUT2D eigenvalue weighted by atomic mass is 16.4. The molecule has 6 heterocycles. The van der Waals surface area contributed by atoms with E-state index in [0.29, 0.717) is 31.7 Å². The summed E-state index contributed by atoms with van der Waals surface area (Å²) in [5.74, 6) is -1.14. The zero-order chi connectivity index (χ0) is 55.2. The van der Waals surface area contributed by atoms with Crippen molar-refractivity contribution in [2.45, 2.75) is 26.2 Å². The van der Waals surface area contributed by atoms with Crippen molar-refractivity contribution in [1.82, 2.24) is 34.7 Å². The number of amides is 3. The Morgan fingerprint density at radius 3 is 1.44 bits per heavy atom. The van der Waals surface area contributed by atoms with Crippen molar-refractivity contribution in [2.24, 2.45) is 5.73 Å². The quantitative estimate of drug-likeness (QED) is 0.0575. The third-order valence-corrected chi connectivity index (χ3v) is 13.7. The first-order valence-corrected chi connectivity index (χ1v) is 25.5. The number of carbonyl (C=O) groups excluding carboxylic acids is 3. The molecular formula is C62H58N12O5. The zero-order valence-electron chi connectivity index (χ0n) is 44.0. The summed E-state index contributed by atoms with van der Waals surface area (Å²) < 4.78 is 4.01. The van der Waals surface area contributed by atoms with Crippen molar-refractivity contribution >= 4 is 69.1 Å². The van der Waals surface area contributed by atoms with Crippen LogP contribution >= 0.6 is 0 Å². The van der Waals surface area contributed by atoms with Crippen LogP contribution in [0.3, 0.4) is 0 Å². The zero-order valence-corrected chi connectivity index (χ0v) is 44.0. The summed E-state index contributed by atoms with van der Waals surface area (Å²) in [7, 11) is 8.05. The van der Waals surface area contributed by atoms with Gasteiger partial charge in [0, 0.05) is 119 Å². The minimum Gasteiger partial charge on any atom is -0.478 e. The predicted molar refractivity (Wildman–Crippen MR) is 311 cm³/mol. The number of hydrogen-bond donors (Lipinski definition) is 7. The third-order valence-electron chi connectivity index (χ3n) is 13.7. The molecule has 12 rings (SSSR count). The highest BCUT2D eigenvalue weighted by molar-refractivity contribution is 6.00. The Morgan fingerprint density at radius 1 is 0.570 bits per heavy atom. The number of benzene rings is 6. The van der Waals surface area contributed by atoms with Gasteiger partial charge in [-0.05, 0) is 155 Å². The van der Waals surface area contributed by atoms with Gasteiger partial charge in [-0.1, -0.05) is 36.4 Å². The van der Waals surface area contributed by atoms with Crippen molar-refractivity contribution in [3.05, 3.63) is 227 Å². The van der Waals surface area contributed by atoms with Gasteiger partial charge < -0.3 is 47.2 Å². The van der Waals surface area contributed by atoms with E-state index in [-0.39, 0.29) is 23.3 Å². The third kappa shape index (κ3) is 11.6. The van der Waals surface area contributed by atoms with Crippen LogP contribution in [0.2, 0.25) is 0 Å². The molecule has 0 atom stereocenters. The van der Waals surface area contributed by atoms with Crippen LogP contribution in [0.1, 0.15) is 63.7 Å². The van der Waals surface area contributed by atoms with E-state index < -0.39 is 5.97 Å². The number of carbonyl (C=O) groups is 4. The molecule has 3 amide bonds. The number of fused-ring (bicyclic) bond motifs is 4. The standard InChI is InChI=1S/C31H28N6O2.C22H16N4O3.C9H14N2/c1-36(2)25-10-3-20(4-11-25)18-33-30(38)21-5-8-24(9-6-21)35-27-13-14-28(37-16-15-32-29(27)37)22-7-12-26-23(17-22)19-34-31(26)39;27-21-17-6-3-14(11-15(17)12-24-21)19-8-7-18(20-23-9-10-26(19)20)25-16-4-1-13(2-5-16)22(28)29;1-11(2)9-5-3-8(7-10)4-6-9/h3-17,35H,18-19H2,1-2H3,(H,33,38)(H,34,39);1-11,25H,12H2,(H,24,27)(H,28,29);3-6H,7,10H2,1-2H3. The molecule has 79 heavy (non-hydrogen) atoms. The molecule has 0 spiro atoms. The lowest BCUT2D eigenvalue weighted by atomic mass is 10.0. The number of carboxylic acids is 1. The number of nitrogens with two attached hydrogens (primary N) is 1. The van der Waals surface area contributed by atoms with Crippen LogP contribution in [0.4, 0.5) is 34.1 Å². The molecule has 2 aliphatic heterocycles. The van der Waals surface area contributed by atoms with Crippen LogP contribution in [-0.4, -0.2) is 75.8 Å². The number of imidazole rings is 2. The Kier molecular flexibility index (Phi) is 15.1. The van der Waals surface area contributed by atoms with E-state index in [1.54, 1.807) is 36.7 Å². The minimum atomic E-state index is -0.956. The summed E-state index contributed by atoms with van der Waals surface area (Å²) in [5.41, 5.74) is 23.1. The Hall–Kier alpha value is -10.3.